The van der Waals surface area contributed by atoms with Crippen molar-refractivity contribution in [3.05, 3.63) is 59.9 Å². The van der Waals surface area contributed by atoms with E-state index in [1.165, 1.54) is 25.3 Å². The van der Waals surface area contributed by atoms with Crippen molar-refractivity contribution in [1.29, 1.82) is 0 Å². The summed E-state index contributed by atoms with van der Waals surface area (Å²) in [5, 5.41) is 0. The number of carbonyl (C=O) groups is 1. The van der Waals surface area contributed by atoms with Gasteiger partial charge in [0.1, 0.15) is 5.82 Å². The van der Waals surface area contributed by atoms with Crippen LogP contribution >= 0.6 is 0 Å². The first-order valence-corrected chi connectivity index (χ1v) is 7.15. The van der Waals surface area contributed by atoms with Gasteiger partial charge in [-0.15, -0.1) is 0 Å². The predicted molar refractivity (Wildman–Crippen MR) is 84.8 cm³/mol. The van der Waals surface area contributed by atoms with Crippen LogP contribution in [0.3, 0.4) is 0 Å². The van der Waals surface area contributed by atoms with Crippen LogP contribution in [0.1, 0.15) is 38.1 Å². The van der Waals surface area contributed by atoms with Gasteiger partial charge in [-0.25, -0.2) is 14.2 Å². The molecule has 0 amide bonds. The molecular weight excluding hydrogens is 283 g/mol. The third-order valence-electron chi connectivity index (χ3n) is 3.06. The molecule has 0 bridgehead atoms. The molecule has 0 saturated heterocycles. The van der Waals surface area contributed by atoms with Crippen LogP contribution in [-0.4, -0.2) is 22.6 Å². The molecule has 1 atom stereocenters. The maximum atomic E-state index is 12.9. The van der Waals surface area contributed by atoms with Crippen molar-refractivity contribution >= 4 is 12.0 Å². The smallest absolute Gasteiger partial charge is 0.330 e. The molecule has 2 aromatic rings. The number of ether oxygens (including phenoxy) is 1. The number of imidazole rings is 1. The summed E-state index contributed by atoms with van der Waals surface area (Å²) in [6, 6.07) is 6.29. The number of methoxy groups -OCH3 is 1. The molecular formula is C17H21FN2O2. The zero-order chi connectivity index (χ0) is 16.5. The molecule has 5 heteroatoms. The highest BCUT2D eigenvalue weighted by molar-refractivity contribution is 5.86. The molecule has 1 aromatic heterocycles. The maximum Gasteiger partial charge on any atom is 0.330 e. The second kappa shape index (κ2) is 8.77. The molecule has 0 N–H and O–H groups in total. The average molecular weight is 304 g/mol. The third kappa shape index (κ3) is 4.55. The Balaban J connectivity index is 0.00000116. The van der Waals surface area contributed by atoms with Crippen LogP contribution in [0, 0.1) is 5.82 Å². The molecule has 1 heterocycles. The van der Waals surface area contributed by atoms with Crippen LogP contribution in [-0.2, 0) is 9.53 Å². The summed E-state index contributed by atoms with van der Waals surface area (Å²) in [6.07, 6.45) is 6.30. The fourth-order valence-corrected chi connectivity index (χ4v) is 1.89. The number of hydrogen-bond acceptors (Lipinski definition) is 3. The fourth-order valence-electron chi connectivity index (χ4n) is 1.89. The maximum absolute atomic E-state index is 12.9. The van der Waals surface area contributed by atoms with Crippen molar-refractivity contribution in [2.75, 3.05) is 7.11 Å². The summed E-state index contributed by atoms with van der Waals surface area (Å²) in [5.74, 6) is -0.690. The summed E-state index contributed by atoms with van der Waals surface area (Å²) >= 11 is 0. The van der Waals surface area contributed by atoms with E-state index in [-0.39, 0.29) is 11.9 Å². The minimum atomic E-state index is -0.424. The lowest BCUT2D eigenvalue weighted by Crippen LogP contribution is -2.07. The molecule has 0 radical (unpaired) electrons. The largest absolute Gasteiger partial charge is 0.466 e. The first-order chi connectivity index (χ1) is 10.6. The molecule has 0 aliphatic carbocycles. The van der Waals surface area contributed by atoms with E-state index in [0.29, 0.717) is 0 Å². The van der Waals surface area contributed by atoms with E-state index in [1.54, 1.807) is 30.7 Å². The van der Waals surface area contributed by atoms with Gasteiger partial charge in [0, 0.05) is 6.08 Å². The number of halogens is 1. The van der Waals surface area contributed by atoms with Gasteiger partial charge in [0.15, 0.2) is 0 Å². The standard InChI is InChI=1S/C15H15FN2O2.C2H6/c1-11(12-3-5-13(16)6-4-12)18-10-17-9-14(18)7-8-15(19)20-2;1-2/h3-11H,1-2H3;1-2H3/b8-7+;. The van der Waals surface area contributed by atoms with E-state index in [1.807, 2.05) is 25.3 Å². The van der Waals surface area contributed by atoms with Crippen molar-refractivity contribution in [1.82, 2.24) is 9.55 Å². The Kier molecular flexibility index (Phi) is 7.02. The van der Waals surface area contributed by atoms with E-state index in [2.05, 4.69) is 9.72 Å². The zero-order valence-electron chi connectivity index (χ0n) is 13.3. The van der Waals surface area contributed by atoms with Gasteiger partial charge in [0.05, 0.1) is 31.4 Å². The quantitative estimate of drug-likeness (QED) is 0.636. The molecule has 0 fully saturated rings. The number of nitrogens with zero attached hydrogens (tertiary/aromatic N) is 2. The van der Waals surface area contributed by atoms with Gasteiger partial charge in [0.25, 0.3) is 0 Å². The number of hydrogen-bond donors (Lipinski definition) is 0. The topological polar surface area (TPSA) is 44.1 Å². The number of carbonyl (C=O) groups excluding carboxylic acids is 1. The Morgan fingerprint density at radius 2 is 1.95 bits per heavy atom. The molecule has 22 heavy (non-hydrogen) atoms. The highest BCUT2D eigenvalue weighted by Gasteiger charge is 2.10. The van der Waals surface area contributed by atoms with Crippen LogP contribution in [0.25, 0.3) is 6.08 Å². The van der Waals surface area contributed by atoms with Crippen LogP contribution in [0.5, 0.6) is 0 Å². The third-order valence-corrected chi connectivity index (χ3v) is 3.06. The van der Waals surface area contributed by atoms with E-state index in [9.17, 15) is 9.18 Å². The summed E-state index contributed by atoms with van der Waals surface area (Å²) in [7, 11) is 1.32. The lowest BCUT2D eigenvalue weighted by molar-refractivity contribution is -0.134. The van der Waals surface area contributed by atoms with Gasteiger partial charge in [-0.3, -0.25) is 0 Å². The van der Waals surface area contributed by atoms with Crippen molar-refractivity contribution in [2.45, 2.75) is 26.8 Å². The SMILES string of the molecule is CC.COC(=O)/C=C/c1cncn1C(C)c1ccc(F)cc1. The Labute approximate surface area is 130 Å². The van der Waals surface area contributed by atoms with Crippen molar-refractivity contribution in [3.8, 4) is 0 Å². The highest BCUT2D eigenvalue weighted by atomic mass is 19.1. The van der Waals surface area contributed by atoms with Crippen molar-refractivity contribution in [2.24, 2.45) is 0 Å². The molecule has 0 aliphatic rings. The number of rotatable bonds is 4. The number of esters is 1. The molecule has 2 rings (SSSR count). The normalized spacial score (nSPS) is 11.7. The summed E-state index contributed by atoms with van der Waals surface area (Å²) in [4.78, 5) is 15.2. The Morgan fingerprint density at radius 1 is 1.32 bits per heavy atom. The second-order valence-electron chi connectivity index (χ2n) is 4.31. The van der Waals surface area contributed by atoms with Crippen LogP contribution in [0.15, 0.2) is 42.9 Å². The minimum Gasteiger partial charge on any atom is -0.466 e. The summed E-state index contributed by atoms with van der Waals surface area (Å²) in [5.41, 5.74) is 1.73. The van der Waals surface area contributed by atoms with E-state index >= 15 is 0 Å². The van der Waals surface area contributed by atoms with Crippen molar-refractivity contribution < 1.29 is 13.9 Å². The number of benzene rings is 1. The second-order valence-corrected chi connectivity index (χ2v) is 4.31. The molecule has 0 saturated carbocycles. The lowest BCUT2D eigenvalue weighted by atomic mass is 10.1. The Bertz CT molecular complexity index is 618. The summed E-state index contributed by atoms with van der Waals surface area (Å²) < 4.78 is 19.4. The fraction of sp³-hybridized carbons (Fsp3) is 0.294. The van der Waals surface area contributed by atoms with Gasteiger partial charge in [-0.2, -0.15) is 0 Å². The first-order valence-electron chi connectivity index (χ1n) is 7.15. The Morgan fingerprint density at radius 3 is 2.55 bits per heavy atom. The first kappa shape index (κ1) is 17.6. The molecule has 1 aromatic carbocycles. The minimum absolute atomic E-state index is 0.0182. The van der Waals surface area contributed by atoms with E-state index in [0.717, 1.165) is 11.3 Å². The molecule has 0 spiro atoms. The van der Waals surface area contributed by atoms with Gasteiger partial charge in [-0.1, -0.05) is 26.0 Å². The summed E-state index contributed by atoms with van der Waals surface area (Å²) in [6.45, 7) is 5.98. The van der Waals surface area contributed by atoms with E-state index in [4.69, 9.17) is 0 Å². The van der Waals surface area contributed by atoms with Crippen LogP contribution < -0.4 is 0 Å². The molecule has 0 aliphatic heterocycles. The van der Waals surface area contributed by atoms with Crippen LogP contribution in [0.4, 0.5) is 4.39 Å². The predicted octanol–water partition coefficient (Wildman–Crippen LogP) is 3.84. The van der Waals surface area contributed by atoms with Gasteiger partial charge >= 0.3 is 5.97 Å². The zero-order valence-corrected chi connectivity index (χ0v) is 13.3. The van der Waals surface area contributed by atoms with E-state index < -0.39 is 5.97 Å². The Hall–Kier alpha value is -2.43. The van der Waals surface area contributed by atoms with Gasteiger partial charge in [0.2, 0.25) is 0 Å². The van der Waals surface area contributed by atoms with Crippen molar-refractivity contribution in [3.63, 3.8) is 0 Å². The monoisotopic (exact) mass is 304 g/mol. The van der Waals surface area contributed by atoms with Gasteiger partial charge in [-0.05, 0) is 30.7 Å². The lowest BCUT2D eigenvalue weighted by Gasteiger charge is -2.15. The molecule has 118 valence electrons. The molecule has 4 nitrogen and oxygen atoms in total. The van der Waals surface area contributed by atoms with Crippen LogP contribution in [0.2, 0.25) is 0 Å². The van der Waals surface area contributed by atoms with Gasteiger partial charge < -0.3 is 9.30 Å². The highest BCUT2D eigenvalue weighted by Crippen LogP contribution is 2.20. The molecule has 1 unspecified atom stereocenters. The average Bonchev–Trinajstić information content (AvgIpc) is 3.03. The number of aromatic nitrogens is 2.